The molecule has 14 heavy (non-hydrogen) atoms. The molecule has 0 spiro atoms. The molecule has 1 aromatic heterocycles. The molecule has 76 valence electrons. The summed E-state index contributed by atoms with van der Waals surface area (Å²) >= 11 is 5.48. The van der Waals surface area contributed by atoms with Crippen LogP contribution in [0, 0.1) is 13.8 Å². The van der Waals surface area contributed by atoms with Crippen molar-refractivity contribution in [2.24, 2.45) is 0 Å². The minimum atomic E-state index is -0.207. The Hall–Kier alpha value is -1.09. The van der Waals surface area contributed by atoms with Gasteiger partial charge in [0.1, 0.15) is 0 Å². The quantitative estimate of drug-likeness (QED) is 0.564. The molecule has 0 fully saturated rings. The first-order chi connectivity index (χ1) is 6.65. The van der Waals surface area contributed by atoms with Gasteiger partial charge in [0.25, 0.3) is 0 Å². The van der Waals surface area contributed by atoms with E-state index in [-0.39, 0.29) is 5.69 Å². The van der Waals surface area contributed by atoms with Crippen LogP contribution in [-0.4, -0.2) is 15.4 Å². The second kappa shape index (κ2) is 4.96. The molecule has 1 heterocycles. The van der Waals surface area contributed by atoms with E-state index in [2.05, 4.69) is 4.98 Å². The Balaban J connectivity index is 2.97. The van der Waals surface area contributed by atoms with E-state index in [4.69, 9.17) is 11.6 Å². The summed E-state index contributed by atoms with van der Waals surface area (Å²) in [6.45, 7) is 4.24. The smallest absolute Gasteiger partial charge is 0.293 e. The van der Waals surface area contributed by atoms with Gasteiger partial charge in [0.05, 0.1) is 0 Å². The van der Waals surface area contributed by atoms with Crippen molar-refractivity contribution >= 4 is 11.6 Å². The number of nitrogens with zero attached hydrogens (tertiary/aromatic N) is 2. The average molecular weight is 213 g/mol. The lowest BCUT2D eigenvalue weighted by molar-refractivity contribution is 0.707. The third-order valence-electron chi connectivity index (χ3n) is 1.89. The number of rotatable bonds is 3. The molecule has 0 radical (unpaired) electrons. The number of hydrogen-bond acceptors (Lipinski definition) is 2. The molecule has 0 atom stereocenters. The summed E-state index contributed by atoms with van der Waals surface area (Å²) in [5.74, 6) is 0.465. The zero-order valence-electron chi connectivity index (χ0n) is 8.33. The minimum Gasteiger partial charge on any atom is -0.293 e. The van der Waals surface area contributed by atoms with Crippen molar-refractivity contribution in [1.29, 1.82) is 0 Å². The van der Waals surface area contributed by atoms with Gasteiger partial charge in [0.15, 0.2) is 0 Å². The Morgan fingerprint density at radius 1 is 1.50 bits per heavy atom. The summed E-state index contributed by atoms with van der Waals surface area (Å²) in [6, 6.07) is 1.88. The highest BCUT2D eigenvalue weighted by Gasteiger charge is 1.99. The number of aryl methyl sites for hydroxylation is 2. The van der Waals surface area contributed by atoms with Crippen LogP contribution in [-0.2, 0) is 6.54 Å². The SMILES string of the molecule is Cc1cc(C)n(C/C=C/CCl)c(=O)n1. The van der Waals surface area contributed by atoms with Crippen LogP contribution < -0.4 is 5.69 Å². The van der Waals surface area contributed by atoms with Gasteiger partial charge in [-0.05, 0) is 19.9 Å². The molecule has 0 N–H and O–H groups in total. The van der Waals surface area contributed by atoms with E-state index in [0.29, 0.717) is 12.4 Å². The molecule has 0 unspecified atom stereocenters. The molecule has 3 nitrogen and oxygen atoms in total. The van der Waals surface area contributed by atoms with Crippen molar-refractivity contribution in [2.75, 3.05) is 5.88 Å². The Morgan fingerprint density at radius 3 is 2.79 bits per heavy atom. The van der Waals surface area contributed by atoms with Gasteiger partial charge in [-0.25, -0.2) is 4.79 Å². The Morgan fingerprint density at radius 2 is 2.21 bits per heavy atom. The fourth-order valence-electron chi connectivity index (χ4n) is 1.24. The lowest BCUT2D eigenvalue weighted by atomic mass is 10.3. The van der Waals surface area contributed by atoms with Gasteiger partial charge in [-0.3, -0.25) is 4.57 Å². The molecule has 0 aliphatic rings. The van der Waals surface area contributed by atoms with E-state index in [1.807, 2.05) is 32.1 Å². The Labute approximate surface area is 88.0 Å². The predicted molar refractivity (Wildman–Crippen MR) is 57.8 cm³/mol. The van der Waals surface area contributed by atoms with Crippen LogP contribution in [0.1, 0.15) is 11.4 Å². The van der Waals surface area contributed by atoms with Gasteiger partial charge in [-0.1, -0.05) is 12.2 Å². The van der Waals surface area contributed by atoms with Gasteiger partial charge in [0, 0.05) is 23.8 Å². The molecule has 4 heteroatoms. The van der Waals surface area contributed by atoms with Crippen LogP contribution in [0.5, 0.6) is 0 Å². The molecule has 0 saturated carbocycles. The van der Waals surface area contributed by atoms with Gasteiger partial charge < -0.3 is 0 Å². The standard InChI is InChI=1S/C10H13ClN2O/c1-8-7-9(2)13(10(14)12-8)6-4-3-5-11/h3-4,7H,5-6H2,1-2H3/b4-3+. The highest BCUT2D eigenvalue weighted by molar-refractivity contribution is 6.18. The fourth-order valence-corrected chi connectivity index (χ4v) is 1.37. The lowest BCUT2D eigenvalue weighted by Crippen LogP contribution is -2.25. The Bertz CT molecular complexity index is 396. The van der Waals surface area contributed by atoms with E-state index >= 15 is 0 Å². The zero-order valence-corrected chi connectivity index (χ0v) is 9.08. The third kappa shape index (κ3) is 2.70. The number of hydrogen-bond donors (Lipinski definition) is 0. The molecule has 0 aromatic carbocycles. The van der Waals surface area contributed by atoms with E-state index < -0.39 is 0 Å². The first-order valence-corrected chi connectivity index (χ1v) is 4.94. The topological polar surface area (TPSA) is 34.9 Å². The highest BCUT2D eigenvalue weighted by atomic mass is 35.5. The van der Waals surface area contributed by atoms with Crippen LogP contribution in [0.2, 0.25) is 0 Å². The van der Waals surface area contributed by atoms with Crippen LogP contribution >= 0.6 is 11.6 Å². The van der Waals surface area contributed by atoms with Gasteiger partial charge in [-0.2, -0.15) is 4.98 Å². The molecule has 0 bridgehead atoms. The van der Waals surface area contributed by atoms with Crippen molar-refractivity contribution in [3.63, 3.8) is 0 Å². The van der Waals surface area contributed by atoms with Crippen molar-refractivity contribution in [1.82, 2.24) is 9.55 Å². The fraction of sp³-hybridized carbons (Fsp3) is 0.400. The molecule has 0 saturated heterocycles. The maximum Gasteiger partial charge on any atom is 0.348 e. The van der Waals surface area contributed by atoms with E-state index in [9.17, 15) is 4.79 Å². The van der Waals surface area contributed by atoms with Crippen molar-refractivity contribution in [3.8, 4) is 0 Å². The number of halogens is 1. The Kier molecular flexibility index (Phi) is 3.89. The molecule has 1 rings (SSSR count). The van der Waals surface area contributed by atoms with Crippen molar-refractivity contribution < 1.29 is 0 Å². The molecule has 0 amide bonds. The zero-order chi connectivity index (χ0) is 10.6. The second-order valence-electron chi connectivity index (χ2n) is 3.06. The van der Waals surface area contributed by atoms with Crippen LogP contribution in [0.3, 0.4) is 0 Å². The maximum atomic E-state index is 11.4. The largest absolute Gasteiger partial charge is 0.348 e. The molecule has 1 aromatic rings. The number of aromatic nitrogens is 2. The van der Waals surface area contributed by atoms with E-state index in [1.54, 1.807) is 4.57 Å². The van der Waals surface area contributed by atoms with Crippen LogP contribution in [0.25, 0.3) is 0 Å². The van der Waals surface area contributed by atoms with Gasteiger partial charge >= 0.3 is 5.69 Å². The first kappa shape index (κ1) is 11.0. The summed E-state index contributed by atoms with van der Waals surface area (Å²) in [7, 11) is 0. The third-order valence-corrected chi connectivity index (χ3v) is 2.07. The van der Waals surface area contributed by atoms with Gasteiger partial charge in [0.2, 0.25) is 0 Å². The van der Waals surface area contributed by atoms with Crippen molar-refractivity contribution in [3.05, 3.63) is 40.1 Å². The molecular formula is C10H13ClN2O. The number of allylic oxidation sites excluding steroid dienone is 2. The summed E-state index contributed by atoms with van der Waals surface area (Å²) in [4.78, 5) is 15.3. The lowest BCUT2D eigenvalue weighted by Gasteiger charge is -2.06. The van der Waals surface area contributed by atoms with Gasteiger partial charge in [-0.15, -0.1) is 11.6 Å². The monoisotopic (exact) mass is 212 g/mol. The summed E-state index contributed by atoms with van der Waals surface area (Å²) < 4.78 is 1.61. The van der Waals surface area contributed by atoms with E-state index in [0.717, 1.165) is 11.4 Å². The first-order valence-electron chi connectivity index (χ1n) is 4.41. The minimum absolute atomic E-state index is 0.207. The molecule has 0 aliphatic carbocycles. The normalized spacial score (nSPS) is 11.1. The summed E-state index contributed by atoms with van der Waals surface area (Å²) in [6.07, 6.45) is 3.67. The predicted octanol–water partition coefficient (Wildman–Crippen LogP) is 1.66. The van der Waals surface area contributed by atoms with E-state index in [1.165, 1.54) is 0 Å². The molecule has 0 aliphatic heterocycles. The molecular weight excluding hydrogens is 200 g/mol. The second-order valence-corrected chi connectivity index (χ2v) is 3.37. The summed E-state index contributed by atoms with van der Waals surface area (Å²) in [5.41, 5.74) is 1.47. The van der Waals surface area contributed by atoms with Crippen LogP contribution in [0.15, 0.2) is 23.0 Å². The van der Waals surface area contributed by atoms with Crippen molar-refractivity contribution in [2.45, 2.75) is 20.4 Å². The summed E-state index contributed by atoms with van der Waals surface area (Å²) in [5, 5.41) is 0. The maximum absolute atomic E-state index is 11.4. The average Bonchev–Trinajstić information content (AvgIpc) is 2.09. The highest BCUT2D eigenvalue weighted by Crippen LogP contribution is 1.96. The van der Waals surface area contributed by atoms with Crippen LogP contribution in [0.4, 0.5) is 0 Å². The number of alkyl halides is 1.